The molecule has 0 aliphatic heterocycles. The quantitative estimate of drug-likeness (QED) is 0.300. The van der Waals surface area contributed by atoms with E-state index in [2.05, 4.69) is 50.6 Å². The molecular formula is C26H22BrN5S. The fraction of sp³-hybridized carbons (Fsp3) is 0.115. The van der Waals surface area contributed by atoms with E-state index in [1.165, 1.54) is 0 Å². The van der Waals surface area contributed by atoms with Gasteiger partial charge in [-0.1, -0.05) is 58.4 Å². The Bertz CT molecular complexity index is 1370. The number of nitrogens with zero attached hydrogens (tertiary/aromatic N) is 3. The maximum absolute atomic E-state index is 6.74. The SMILES string of the molecule is NC(Cc1ccccc1)C(N)c1nc(-c2ccncc2)nc2c(-c3ccc(Br)cc3)csc12. The van der Waals surface area contributed by atoms with E-state index in [0.717, 1.165) is 42.6 Å². The average Bonchev–Trinajstić information content (AvgIpc) is 3.29. The van der Waals surface area contributed by atoms with Crippen molar-refractivity contribution in [3.8, 4) is 22.5 Å². The lowest BCUT2D eigenvalue weighted by molar-refractivity contribution is 0.537. The molecule has 0 aliphatic rings. The summed E-state index contributed by atoms with van der Waals surface area (Å²) in [6, 6.07) is 21.5. The number of hydrogen-bond acceptors (Lipinski definition) is 6. The minimum atomic E-state index is -0.437. The first-order valence-corrected chi connectivity index (χ1v) is 12.3. The summed E-state index contributed by atoms with van der Waals surface area (Å²) in [6.07, 6.45) is 4.16. The van der Waals surface area contributed by atoms with Crippen LogP contribution in [0.3, 0.4) is 0 Å². The molecule has 0 bridgehead atoms. The van der Waals surface area contributed by atoms with Crippen molar-refractivity contribution in [1.82, 2.24) is 15.0 Å². The van der Waals surface area contributed by atoms with Crippen LogP contribution < -0.4 is 11.5 Å². The van der Waals surface area contributed by atoms with Gasteiger partial charge in [0, 0.05) is 39.4 Å². The second kappa shape index (κ2) is 9.49. The second-order valence-corrected chi connectivity index (χ2v) is 9.68. The van der Waals surface area contributed by atoms with Crippen LogP contribution in [-0.2, 0) is 6.42 Å². The number of thiophene rings is 1. The zero-order valence-corrected chi connectivity index (χ0v) is 20.1. The van der Waals surface area contributed by atoms with Gasteiger partial charge in [0.2, 0.25) is 0 Å². The van der Waals surface area contributed by atoms with Crippen molar-refractivity contribution in [1.29, 1.82) is 0 Å². The zero-order valence-electron chi connectivity index (χ0n) is 17.7. The van der Waals surface area contributed by atoms with E-state index in [-0.39, 0.29) is 6.04 Å². The number of benzene rings is 2. The van der Waals surface area contributed by atoms with E-state index in [9.17, 15) is 0 Å². The van der Waals surface area contributed by atoms with E-state index >= 15 is 0 Å². The van der Waals surface area contributed by atoms with Gasteiger partial charge in [-0.15, -0.1) is 11.3 Å². The van der Waals surface area contributed by atoms with E-state index in [4.69, 9.17) is 21.4 Å². The maximum Gasteiger partial charge on any atom is 0.160 e. The number of hydrogen-bond donors (Lipinski definition) is 2. The van der Waals surface area contributed by atoms with E-state index in [0.29, 0.717) is 12.2 Å². The van der Waals surface area contributed by atoms with Crippen LogP contribution in [0.2, 0.25) is 0 Å². The molecule has 0 saturated carbocycles. The molecule has 164 valence electrons. The Morgan fingerprint density at radius 1 is 0.848 bits per heavy atom. The van der Waals surface area contributed by atoms with Gasteiger partial charge < -0.3 is 11.5 Å². The molecule has 7 heteroatoms. The van der Waals surface area contributed by atoms with Gasteiger partial charge in [0.25, 0.3) is 0 Å². The van der Waals surface area contributed by atoms with E-state index in [1.54, 1.807) is 23.7 Å². The highest BCUT2D eigenvalue weighted by molar-refractivity contribution is 9.10. The smallest absolute Gasteiger partial charge is 0.160 e. The van der Waals surface area contributed by atoms with Crippen LogP contribution in [0, 0.1) is 0 Å². The van der Waals surface area contributed by atoms with Crippen molar-refractivity contribution in [2.24, 2.45) is 11.5 Å². The lowest BCUT2D eigenvalue weighted by Crippen LogP contribution is -2.36. The molecular weight excluding hydrogens is 494 g/mol. The molecule has 0 radical (unpaired) electrons. The molecule has 0 spiro atoms. The first kappa shape index (κ1) is 21.9. The van der Waals surface area contributed by atoms with Crippen LogP contribution in [0.5, 0.6) is 0 Å². The summed E-state index contributed by atoms with van der Waals surface area (Å²) in [5.41, 5.74) is 19.2. The van der Waals surface area contributed by atoms with Gasteiger partial charge in [-0.25, -0.2) is 9.97 Å². The Balaban J connectivity index is 1.63. The van der Waals surface area contributed by atoms with Crippen molar-refractivity contribution < 1.29 is 0 Å². The predicted molar refractivity (Wildman–Crippen MR) is 139 cm³/mol. The number of pyridine rings is 1. The highest BCUT2D eigenvalue weighted by atomic mass is 79.9. The topological polar surface area (TPSA) is 90.7 Å². The summed E-state index contributed by atoms with van der Waals surface area (Å²) >= 11 is 5.13. The number of nitrogens with two attached hydrogens (primary N) is 2. The molecule has 0 aliphatic carbocycles. The summed E-state index contributed by atoms with van der Waals surface area (Å²) in [6.45, 7) is 0. The fourth-order valence-electron chi connectivity index (χ4n) is 3.85. The standard InChI is InChI=1S/C26H22BrN5S/c27-19-8-6-17(7-9-19)20-15-33-25-23(20)31-26(18-10-12-30-13-11-18)32-24(25)22(29)21(28)14-16-4-2-1-3-5-16/h1-13,15,21-22H,14,28-29H2. The molecule has 0 amide bonds. The minimum Gasteiger partial charge on any atom is -0.326 e. The van der Waals surface area contributed by atoms with Crippen molar-refractivity contribution in [2.45, 2.75) is 18.5 Å². The van der Waals surface area contributed by atoms with Crippen LogP contribution in [0.4, 0.5) is 0 Å². The molecule has 2 aromatic carbocycles. The van der Waals surface area contributed by atoms with Crippen LogP contribution in [0.15, 0.2) is 89.0 Å². The summed E-state index contributed by atoms with van der Waals surface area (Å²) in [5.74, 6) is 0.624. The summed E-state index contributed by atoms with van der Waals surface area (Å²) in [7, 11) is 0. The molecule has 3 aromatic heterocycles. The molecule has 5 aromatic rings. The van der Waals surface area contributed by atoms with Gasteiger partial charge in [-0.2, -0.15) is 0 Å². The van der Waals surface area contributed by atoms with Crippen LogP contribution in [-0.4, -0.2) is 21.0 Å². The number of aromatic nitrogens is 3. The van der Waals surface area contributed by atoms with Crippen LogP contribution in [0.1, 0.15) is 17.3 Å². The monoisotopic (exact) mass is 515 g/mol. The lowest BCUT2D eigenvalue weighted by Gasteiger charge is -2.21. The van der Waals surface area contributed by atoms with Gasteiger partial charge in [0.15, 0.2) is 5.82 Å². The molecule has 5 nitrogen and oxygen atoms in total. The molecule has 0 saturated heterocycles. The van der Waals surface area contributed by atoms with Gasteiger partial charge in [-0.3, -0.25) is 4.98 Å². The van der Waals surface area contributed by atoms with Crippen molar-refractivity contribution in [3.63, 3.8) is 0 Å². The first-order chi connectivity index (χ1) is 16.1. The molecule has 2 unspecified atom stereocenters. The maximum atomic E-state index is 6.74. The largest absolute Gasteiger partial charge is 0.326 e. The third kappa shape index (κ3) is 4.58. The summed E-state index contributed by atoms with van der Waals surface area (Å²) < 4.78 is 2.01. The molecule has 33 heavy (non-hydrogen) atoms. The van der Waals surface area contributed by atoms with Crippen molar-refractivity contribution >= 4 is 37.5 Å². The molecule has 0 fully saturated rings. The Morgan fingerprint density at radius 2 is 1.58 bits per heavy atom. The van der Waals surface area contributed by atoms with Gasteiger partial charge >= 0.3 is 0 Å². The van der Waals surface area contributed by atoms with Crippen LogP contribution >= 0.6 is 27.3 Å². The Kier molecular flexibility index (Phi) is 6.28. The Hall–Kier alpha value is -2.97. The van der Waals surface area contributed by atoms with Crippen molar-refractivity contribution in [2.75, 3.05) is 0 Å². The molecule has 2 atom stereocenters. The van der Waals surface area contributed by atoms with E-state index in [1.807, 2.05) is 42.5 Å². The third-order valence-electron chi connectivity index (χ3n) is 5.63. The molecule has 4 N–H and O–H groups in total. The normalized spacial score (nSPS) is 13.2. The molecule has 3 heterocycles. The van der Waals surface area contributed by atoms with Gasteiger partial charge in [0.05, 0.1) is 22.0 Å². The van der Waals surface area contributed by atoms with E-state index < -0.39 is 6.04 Å². The highest BCUT2D eigenvalue weighted by Crippen LogP contribution is 2.38. The number of rotatable bonds is 6. The number of fused-ring (bicyclic) bond motifs is 1. The predicted octanol–water partition coefficient (Wildman–Crippen LogP) is 5.75. The van der Waals surface area contributed by atoms with Crippen molar-refractivity contribution in [3.05, 3.63) is 100 Å². The molecule has 5 rings (SSSR count). The van der Waals surface area contributed by atoms with Gasteiger partial charge in [-0.05, 0) is 41.8 Å². The second-order valence-electron chi connectivity index (χ2n) is 7.88. The third-order valence-corrected chi connectivity index (χ3v) is 7.15. The highest BCUT2D eigenvalue weighted by Gasteiger charge is 2.24. The Labute approximate surface area is 204 Å². The first-order valence-electron chi connectivity index (χ1n) is 10.6. The lowest BCUT2D eigenvalue weighted by atomic mass is 9.97. The minimum absolute atomic E-state index is 0.283. The fourth-order valence-corrected chi connectivity index (χ4v) is 5.16. The number of halogens is 1. The summed E-state index contributed by atoms with van der Waals surface area (Å²) in [4.78, 5) is 14.0. The average molecular weight is 516 g/mol. The zero-order chi connectivity index (χ0) is 22.8. The summed E-state index contributed by atoms with van der Waals surface area (Å²) in [5, 5.41) is 2.12. The van der Waals surface area contributed by atoms with Gasteiger partial charge in [0.1, 0.15) is 0 Å². The Morgan fingerprint density at radius 3 is 2.30 bits per heavy atom. The van der Waals surface area contributed by atoms with Crippen LogP contribution in [0.25, 0.3) is 32.7 Å².